The van der Waals surface area contributed by atoms with Crippen molar-refractivity contribution in [2.75, 3.05) is 6.61 Å². The summed E-state index contributed by atoms with van der Waals surface area (Å²) in [5, 5.41) is 10.0. The number of ether oxygens (including phenoxy) is 1. The van der Waals surface area contributed by atoms with Crippen molar-refractivity contribution in [2.45, 2.75) is 37.7 Å². The summed E-state index contributed by atoms with van der Waals surface area (Å²) >= 11 is 7.25. The summed E-state index contributed by atoms with van der Waals surface area (Å²) in [4.78, 5) is 0. The van der Waals surface area contributed by atoms with Crippen LogP contribution in [0.4, 0.5) is 0 Å². The molecule has 1 aliphatic heterocycles. The molecule has 2 heterocycles. The zero-order valence-corrected chi connectivity index (χ0v) is 9.48. The molecule has 1 fully saturated rings. The number of aromatic nitrogens is 2. The van der Waals surface area contributed by atoms with Gasteiger partial charge in [-0.15, -0.1) is 33.1 Å². The molecule has 1 unspecified atom stereocenters. The standard InChI is InChI=1S/C9H13ClN2OS/c10-6-9-12-11-8(14-9)5-7-3-1-2-4-13-7/h7H,1-6H2. The average molecular weight is 233 g/mol. The highest BCUT2D eigenvalue weighted by Crippen LogP contribution is 2.19. The van der Waals surface area contributed by atoms with Crippen molar-refractivity contribution in [3.8, 4) is 0 Å². The van der Waals surface area contributed by atoms with E-state index in [9.17, 15) is 0 Å². The lowest BCUT2D eigenvalue weighted by molar-refractivity contribution is 0.0167. The SMILES string of the molecule is ClCc1nnc(CC2CCCCO2)s1. The number of nitrogens with zero attached hydrogens (tertiary/aromatic N) is 2. The molecule has 0 N–H and O–H groups in total. The van der Waals surface area contributed by atoms with Gasteiger partial charge in [0.05, 0.1) is 12.0 Å². The third-order valence-electron chi connectivity index (χ3n) is 2.30. The molecule has 0 saturated carbocycles. The fraction of sp³-hybridized carbons (Fsp3) is 0.778. The zero-order valence-electron chi connectivity index (χ0n) is 7.91. The molecule has 1 atom stereocenters. The molecule has 0 aliphatic carbocycles. The highest BCUT2D eigenvalue weighted by atomic mass is 35.5. The van der Waals surface area contributed by atoms with Crippen LogP contribution in [0.15, 0.2) is 0 Å². The normalized spacial score (nSPS) is 22.5. The van der Waals surface area contributed by atoms with Gasteiger partial charge in [0.2, 0.25) is 0 Å². The van der Waals surface area contributed by atoms with E-state index in [1.165, 1.54) is 12.8 Å². The van der Waals surface area contributed by atoms with Gasteiger partial charge in [-0.25, -0.2) is 0 Å². The lowest BCUT2D eigenvalue weighted by Crippen LogP contribution is -2.21. The molecule has 2 rings (SSSR count). The molecule has 0 aromatic carbocycles. The fourth-order valence-corrected chi connectivity index (χ4v) is 2.56. The van der Waals surface area contributed by atoms with Crippen LogP contribution in [0.2, 0.25) is 0 Å². The van der Waals surface area contributed by atoms with Crippen LogP contribution in [-0.4, -0.2) is 22.9 Å². The van der Waals surface area contributed by atoms with E-state index < -0.39 is 0 Å². The smallest absolute Gasteiger partial charge is 0.132 e. The highest BCUT2D eigenvalue weighted by molar-refractivity contribution is 7.11. The molecule has 14 heavy (non-hydrogen) atoms. The van der Waals surface area contributed by atoms with Gasteiger partial charge in [-0.05, 0) is 19.3 Å². The van der Waals surface area contributed by atoms with Gasteiger partial charge in [0.15, 0.2) is 0 Å². The molecular weight excluding hydrogens is 220 g/mol. The second kappa shape index (κ2) is 5.05. The Morgan fingerprint density at radius 1 is 1.36 bits per heavy atom. The van der Waals surface area contributed by atoms with Crippen LogP contribution in [0.5, 0.6) is 0 Å². The van der Waals surface area contributed by atoms with Gasteiger partial charge in [-0.2, -0.15) is 0 Å². The molecule has 0 amide bonds. The molecule has 3 nitrogen and oxygen atoms in total. The maximum Gasteiger partial charge on any atom is 0.132 e. The van der Waals surface area contributed by atoms with Crippen molar-refractivity contribution in [2.24, 2.45) is 0 Å². The Morgan fingerprint density at radius 2 is 2.21 bits per heavy atom. The number of rotatable bonds is 3. The first-order valence-electron chi connectivity index (χ1n) is 4.87. The van der Waals surface area contributed by atoms with Crippen LogP contribution in [0.1, 0.15) is 29.3 Å². The first kappa shape index (κ1) is 10.3. The van der Waals surface area contributed by atoms with Crippen molar-refractivity contribution in [1.82, 2.24) is 10.2 Å². The second-order valence-electron chi connectivity index (χ2n) is 3.42. The minimum atomic E-state index is 0.347. The van der Waals surface area contributed by atoms with Crippen LogP contribution in [0, 0.1) is 0 Å². The molecule has 5 heteroatoms. The zero-order chi connectivity index (χ0) is 9.80. The lowest BCUT2D eigenvalue weighted by Gasteiger charge is -2.21. The molecule has 1 aliphatic rings. The Morgan fingerprint density at radius 3 is 2.86 bits per heavy atom. The average Bonchev–Trinajstić information content (AvgIpc) is 2.67. The third kappa shape index (κ3) is 2.65. The molecule has 0 bridgehead atoms. The molecule has 1 aromatic heterocycles. The Kier molecular flexibility index (Phi) is 3.73. The Bertz CT molecular complexity index is 286. The lowest BCUT2D eigenvalue weighted by atomic mass is 10.1. The van der Waals surface area contributed by atoms with Gasteiger partial charge in [0.25, 0.3) is 0 Å². The molecule has 1 aromatic rings. The number of halogens is 1. The molecular formula is C9H13ClN2OS. The summed E-state index contributed by atoms with van der Waals surface area (Å²) in [5.74, 6) is 0.461. The summed E-state index contributed by atoms with van der Waals surface area (Å²) in [5.41, 5.74) is 0. The predicted molar refractivity (Wildman–Crippen MR) is 56.8 cm³/mol. The van der Waals surface area contributed by atoms with Gasteiger partial charge in [-0.1, -0.05) is 0 Å². The first-order chi connectivity index (χ1) is 6.88. The van der Waals surface area contributed by atoms with Gasteiger partial charge >= 0.3 is 0 Å². The van der Waals surface area contributed by atoms with E-state index in [0.717, 1.165) is 29.5 Å². The molecule has 78 valence electrons. The monoisotopic (exact) mass is 232 g/mol. The number of hydrogen-bond donors (Lipinski definition) is 0. The topological polar surface area (TPSA) is 35.0 Å². The van der Waals surface area contributed by atoms with Crippen LogP contribution in [0.25, 0.3) is 0 Å². The maximum atomic E-state index is 5.66. The van der Waals surface area contributed by atoms with Crippen molar-refractivity contribution in [3.63, 3.8) is 0 Å². The quantitative estimate of drug-likeness (QED) is 0.751. The van der Waals surface area contributed by atoms with E-state index in [-0.39, 0.29) is 0 Å². The number of hydrogen-bond acceptors (Lipinski definition) is 4. The van der Waals surface area contributed by atoms with Crippen molar-refractivity contribution in [3.05, 3.63) is 10.0 Å². The summed E-state index contributed by atoms with van der Waals surface area (Å²) in [6, 6.07) is 0. The van der Waals surface area contributed by atoms with Crippen molar-refractivity contribution < 1.29 is 4.74 Å². The summed E-state index contributed by atoms with van der Waals surface area (Å²) in [7, 11) is 0. The third-order valence-corrected chi connectivity index (χ3v) is 3.66. The summed E-state index contributed by atoms with van der Waals surface area (Å²) in [6.07, 6.45) is 4.86. The minimum absolute atomic E-state index is 0.347. The largest absolute Gasteiger partial charge is 0.378 e. The van der Waals surface area contributed by atoms with E-state index >= 15 is 0 Å². The first-order valence-corrected chi connectivity index (χ1v) is 6.22. The summed E-state index contributed by atoms with van der Waals surface area (Å²) in [6.45, 7) is 0.895. The Hall–Kier alpha value is -0.190. The van der Waals surface area contributed by atoms with Gasteiger partial charge < -0.3 is 4.74 Å². The molecule has 0 spiro atoms. The van der Waals surface area contributed by atoms with E-state index in [0.29, 0.717) is 12.0 Å². The minimum Gasteiger partial charge on any atom is -0.378 e. The van der Waals surface area contributed by atoms with Crippen LogP contribution in [-0.2, 0) is 17.0 Å². The van der Waals surface area contributed by atoms with Crippen LogP contribution < -0.4 is 0 Å². The van der Waals surface area contributed by atoms with E-state index in [1.54, 1.807) is 11.3 Å². The predicted octanol–water partition coefficient (Wildman–Crippen LogP) is 2.39. The Labute approximate surface area is 92.4 Å². The van der Waals surface area contributed by atoms with Gasteiger partial charge in [0.1, 0.15) is 10.0 Å². The maximum absolute atomic E-state index is 5.66. The number of alkyl halides is 1. The van der Waals surface area contributed by atoms with Crippen molar-refractivity contribution in [1.29, 1.82) is 0 Å². The van der Waals surface area contributed by atoms with E-state index in [4.69, 9.17) is 16.3 Å². The van der Waals surface area contributed by atoms with Crippen molar-refractivity contribution >= 4 is 22.9 Å². The molecule has 1 saturated heterocycles. The Balaban J connectivity index is 1.89. The fourth-order valence-electron chi connectivity index (χ4n) is 1.59. The van der Waals surface area contributed by atoms with E-state index in [2.05, 4.69) is 10.2 Å². The van der Waals surface area contributed by atoms with Crippen LogP contribution in [0.3, 0.4) is 0 Å². The highest BCUT2D eigenvalue weighted by Gasteiger charge is 2.16. The molecule has 0 radical (unpaired) electrons. The summed E-state index contributed by atoms with van der Waals surface area (Å²) < 4.78 is 5.63. The van der Waals surface area contributed by atoms with E-state index in [1.807, 2.05) is 0 Å². The van der Waals surface area contributed by atoms with Gasteiger partial charge in [-0.3, -0.25) is 0 Å². The second-order valence-corrected chi connectivity index (χ2v) is 4.83. The van der Waals surface area contributed by atoms with Gasteiger partial charge in [0, 0.05) is 13.0 Å². The van der Waals surface area contributed by atoms with Crippen LogP contribution >= 0.6 is 22.9 Å².